The Kier molecular flexibility index (Phi) is 2.01. The van der Waals surface area contributed by atoms with E-state index in [1.54, 1.807) is 6.92 Å². The van der Waals surface area contributed by atoms with E-state index in [-0.39, 0.29) is 11.4 Å². The highest BCUT2D eigenvalue weighted by atomic mass is 16.3. The third kappa shape index (κ3) is 1.12. The van der Waals surface area contributed by atoms with Gasteiger partial charge in [0.15, 0.2) is 11.4 Å². The molecule has 0 aliphatic rings. The van der Waals surface area contributed by atoms with Gasteiger partial charge in [0.2, 0.25) is 0 Å². The number of aromatic nitrogens is 1. The first-order valence-corrected chi connectivity index (χ1v) is 3.64. The number of rotatable bonds is 0. The predicted molar refractivity (Wildman–Crippen MR) is 44.8 cm³/mol. The van der Waals surface area contributed by atoms with E-state index in [0.717, 1.165) is 16.8 Å². The minimum absolute atomic E-state index is 0.000556. The quantitative estimate of drug-likeness (QED) is 0.630. The van der Waals surface area contributed by atoms with E-state index in [2.05, 4.69) is 4.98 Å². The van der Waals surface area contributed by atoms with Gasteiger partial charge in [-0.05, 0) is 31.9 Å². The zero-order valence-electron chi connectivity index (χ0n) is 7.34. The van der Waals surface area contributed by atoms with Crippen molar-refractivity contribution in [3.63, 3.8) is 0 Å². The summed E-state index contributed by atoms with van der Waals surface area (Å²) in [6, 6.07) is 1.84. The van der Waals surface area contributed by atoms with Crippen molar-refractivity contribution in [2.75, 3.05) is 0 Å². The molecule has 0 saturated carbocycles. The Labute approximate surface area is 71.3 Å². The summed E-state index contributed by atoms with van der Waals surface area (Å²) in [6.07, 6.45) is 0. The lowest BCUT2D eigenvalue weighted by atomic mass is 10.1. The van der Waals surface area contributed by atoms with E-state index in [1.807, 2.05) is 19.9 Å². The van der Waals surface area contributed by atoms with Gasteiger partial charge in [-0.1, -0.05) is 0 Å². The summed E-state index contributed by atoms with van der Waals surface area (Å²) in [5, 5.41) is 18.0. The van der Waals surface area contributed by atoms with Crippen LogP contribution in [0, 0.1) is 32.1 Å². The van der Waals surface area contributed by atoms with E-state index in [4.69, 9.17) is 5.26 Å². The molecule has 0 aliphatic heterocycles. The van der Waals surface area contributed by atoms with Gasteiger partial charge in [0, 0.05) is 5.69 Å². The largest absolute Gasteiger partial charge is 0.505 e. The Morgan fingerprint density at radius 3 is 2.33 bits per heavy atom. The number of aryl methyl sites for hydroxylation is 1. The molecule has 0 spiro atoms. The third-order valence-electron chi connectivity index (χ3n) is 2.07. The zero-order valence-corrected chi connectivity index (χ0v) is 7.34. The van der Waals surface area contributed by atoms with Gasteiger partial charge in [0.25, 0.3) is 0 Å². The lowest BCUT2D eigenvalue weighted by Gasteiger charge is -2.06. The number of aromatic hydroxyl groups is 1. The molecule has 0 fully saturated rings. The van der Waals surface area contributed by atoms with Crippen molar-refractivity contribution < 1.29 is 5.11 Å². The second kappa shape index (κ2) is 2.82. The standard InChI is InChI=1S/C9H10N2O/c1-5-6(2)9(12)8(4-10)11-7(5)3/h12H,1-3H3. The SMILES string of the molecule is Cc1nc(C#N)c(O)c(C)c1C. The Morgan fingerprint density at radius 2 is 1.83 bits per heavy atom. The van der Waals surface area contributed by atoms with Crippen LogP contribution in [-0.2, 0) is 0 Å². The van der Waals surface area contributed by atoms with Crippen molar-refractivity contribution in [3.8, 4) is 11.8 Å². The normalized spacial score (nSPS) is 9.50. The van der Waals surface area contributed by atoms with Gasteiger partial charge in [0.05, 0.1) is 0 Å². The molecule has 0 bridgehead atoms. The maximum Gasteiger partial charge on any atom is 0.182 e. The number of nitriles is 1. The number of hydrogen-bond donors (Lipinski definition) is 1. The fraction of sp³-hybridized carbons (Fsp3) is 0.333. The second-order valence-electron chi connectivity index (χ2n) is 2.76. The van der Waals surface area contributed by atoms with Crippen LogP contribution in [0.1, 0.15) is 22.5 Å². The summed E-state index contributed by atoms with van der Waals surface area (Å²) in [7, 11) is 0. The molecule has 3 heteroatoms. The highest BCUT2D eigenvalue weighted by Crippen LogP contribution is 2.23. The number of nitrogens with zero attached hydrogens (tertiary/aromatic N) is 2. The van der Waals surface area contributed by atoms with Crippen LogP contribution >= 0.6 is 0 Å². The van der Waals surface area contributed by atoms with Gasteiger partial charge >= 0.3 is 0 Å². The van der Waals surface area contributed by atoms with Crippen LogP contribution in [0.2, 0.25) is 0 Å². The fourth-order valence-electron chi connectivity index (χ4n) is 1.01. The first-order chi connectivity index (χ1) is 5.57. The molecule has 12 heavy (non-hydrogen) atoms. The smallest absolute Gasteiger partial charge is 0.182 e. The van der Waals surface area contributed by atoms with Crippen LogP contribution in [0.15, 0.2) is 0 Å². The summed E-state index contributed by atoms with van der Waals surface area (Å²) in [5.41, 5.74) is 2.57. The molecular formula is C9H10N2O. The Hall–Kier alpha value is -1.56. The molecule has 1 N–H and O–H groups in total. The molecule has 3 nitrogen and oxygen atoms in total. The summed E-state index contributed by atoms with van der Waals surface area (Å²) in [6.45, 7) is 5.47. The van der Waals surface area contributed by atoms with E-state index in [9.17, 15) is 5.11 Å². The second-order valence-corrected chi connectivity index (χ2v) is 2.76. The molecule has 0 radical (unpaired) electrons. The Balaban J connectivity index is 3.52. The average molecular weight is 162 g/mol. The first kappa shape index (κ1) is 8.54. The van der Waals surface area contributed by atoms with E-state index in [0.29, 0.717) is 0 Å². The maximum atomic E-state index is 9.42. The van der Waals surface area contributed by atoms with Crippen LogP contribution in [-0.4, -0.2) is 10.1 Å². The van der Waals surface area contributed by atoms with Crippen LogP contribution < -0.4 is 0 Å². The molecule has 62 valence electrons. The Morgan fingerprint density at radius 1 is 1.25 bits per heavy atom. The summed E-state index contributed by atoms with van der Waals surface area (Å²) < 4.78 is 0. The molecule has 0 saturated heterocycles. The molecule has 0 unspecified atom stereocenters. The van der Waals surface area contributed by atoms with Gasteiger partial charge < -0.3 is 5.11 Å². The lowest BCUT2D eigenvalue weighted by molar-refractivity contribution is 0.465. The van der Waals surface area contributed by atoms with Gasteiger partial charge in [-0.25, -0.2) is 4.98 Å². The van der Waals surface area contributed by atoms with Crippen molar-refractivity contribution >= 4 is 0 Å². The lowest BCUT2D eigenvalue weighted by Crippen LogP contribution is -1.95. The molecule has 0 atom stereocenters. The topological polar surface area (TPSA) is 56.9 Å². The fourth-order valence-corrected chi connectivity index (χ4v) is 1.01. The van der Waals surface area contributed by atoms with Gasteiger partial charge in [-0.15, -0.1) is 0 Å². The van der Waals surface area contributed by atoms with E-state index < -0.39 is 0 Å². The van der Waals surface area contributed by atoms with Crippen molar-refractivity contribution in [2.24, 2.45) is 0 Å². The van der Waals surface area contributed by atoms with Crippen LogP contribution in [0.3, 0.4) is 0 Å². The molecule has 1 aromatic rings. The average Bonchev–Trinajstić information content (AvgIpc) is 2.08. The monoisotopic (exact) mass is 162 g/mol. The maximum absolute atomic E-state index is 9.42. The molecular weight excluding hydrogens is 152 g/mol. The van der Waals surface area contributed by atoms with Gasteiger partial charge in [-0.2, -0.15) is 5.26 Å². The zero-order chi connectivity index (χ0) is 9.30. The third-order valence-corrected chi connectivity index (χ3v) is 2.07. The van der Waals surface area contributed by atoms with Crippen LogP contribution in [0.5, 0.6) is 5.75 Å². The molecule has 0 aromatic carbocycles. The van der Waals surface area contributed by atoms with Gasteiger partial charge in [0.1, 0.15) is 6.07 Å². The molecule has 1 heterocycles. The molecule has 1 aromatic heterocycles. The molecule has 0 aliphatic carbocycles. The van der Waals surface area contributed by atoms with Crippen molar-refractivity contribution in [1.82, 2.24) is 4.98 Å². The van der Waals surface area contributed by atoms with Crippen molar-refractivity contribution in [1.29, 1.82) is 5.26 Å². The van der Waals surface area contributed by atoms with Crippen LogP contribution in [0.25, 0.3) is 0 Å². The minimum atomic E-state index is 0.000556. The minimum Gasteiger partial charge on any atom is -0.505 e. The van der Waals surface area contributed by atoms with Crippen LogP contribution in [0.4, 0.5) is 0 Å². The van der Waals surface area contributed by atoms with Crippen molar-refractivity contribution in [3.05, 3.63) is 22.5 Å². The first-order valence-electron chi connectivity index (χ1n) is 3.64. The predicted octanol–water partition coefficient (Wildman–Crippen LogP) is 1.58. The van der Waals surface area contributed by atoms with E-state index in [1.165, 1.54) is 0 Å². The highest BCUT2D eigenvalue weighted by Gasteiger charge is 2.09. The highest BCUT2D eigenvalue weighted by molar-refractivity contribution is 5.47. The van der Waals surface area contributed by atoms with Gasteiger partial charge in [-0.3, -0.25) is 0 Å². The number of pyridine rings is 1. The molecule has 0 amide bonds. The van der Waals surface area contributed by atoms with Crippen molar-refractivity contribution in [2.45, 2.75) is 20.8 Å². The van der Waals surface area contributed by atoms with E-state index >= 15 is 0 Å². The number of hydrogen-bond acceptors (Lipinski definition) is 3. The summed E-state index contributed by atoms with van der Waals surface area (Å²) >= 11 is 0. The summed E-state index contributed by atoms with van der Waals surface area (Å²) in [5.74, 6) is 0.000556. The summed E-state index contributed by atoms with van der Waals surface area (Å²) in [4.78, 5) is 3.94. The molecule has 1 rings (SSSR count). The Bertz CT molecular complexity index is 364.